The van der Waals surface area contributed by atoms with Gasteiger partial charge in [0.15, 0.2) is 0 Å². The predicted octanol–water partition coefficient (Wildman–Crippen LogP) is 0.185. The lowest BCUT2D eigenvalue weighted by Gasteiger charge is -2.33. The molecule has 96 valence electrons. The summed E-state index contributed by atoms with van der Waals surface area (Å²) in [6, 6.07) is 0.475. The molecular formula is C13H23N3O. The Balaban J connectivity index is 2.27. The molecule has 0 saturated carbocycles. The summed E-state index contributed by atoms with van der Waals surface area (Å²) >= 11 is 0. The summed E-state index contributed by atoms with van der Waals surface area (Å²) < 4.78 is 0. The number of primary amides is 1. The van der Waals surface area contributed by atoms with Crippen molar-refractivity contribution >= 4 is 5.91 Å². The van der Waals surface area contributed by atoms with Crippen LogP contribution in [-0.4, -0.2) is 43.0 Å². The van der Waals surface area contributed by atoms with Gasteiger partial charge in [0.25, 0.3) is 0 Å². The highest BCUT2D eigenvalue weighted by atomic mass is 16.1. The second-order valence-electron chi connectivity index (χ2n) is 5.38. The maximum atomic E-state index is 11.2. The zero-order valence-corrected chi connectivity index (χ0v) is 10.8. The van der Waals surface area contributed by atoms with E-state index >= 15 is 0 Å². The summed E-state index contributed by atoms with van der Waals surface area (Å²) in [7, 11) is 0. The first kappa shape index (κ1) is 14.0. The number of hydrogen-bond acceptors (Lipinski definition) is 3. The number of nitrogens with zero attached hydrogens (tertiary/aromatic N) is 1. The van der Waals surface area contributed by atoms with E-state index in [1.54, 1.807) is 0 Å². The third-order valence-electron chi connectivity index (χ3n) is 3.40. The molecule has 17 heavy (non-hydrogen) atoms. The Labute approximate surface area is 104 Å². The predicted molar refractivity (Wildman–Crippen MR) is 69.3 cm³/mol. The second kappa shape index (κ2) is 6.04. The van der Waals surface area contributed by atoms with Gasteiger partial charge in [-0.15, -0.1) is 6.42 Å². The number of rotatable bonds is 5. The molecule has 4 nitrogen and oxygen atoms in total. The molecule has 0 aromatic rings. The molecule has 1 aliphatic heterocycles. The summed E-state index contributed by atoms with van der Waals surface area (Å²) in [6.45, 7) is 7.17. The molecule has 0 unspecified atom stereocenters. The van der Waals surface area contributed by atoms with Gasteiger partial charge in [-0.2, -0.15) is 0 Å². The number of nitrogens with one attached hydrogen (secondary N) is 1. The van der Waals surface area contributed by atoms with Gasteiger partial charge in [-0.1, -0.05) is 5.92 Å². The van der Waals surface area contributed by atoms with Gasteiger partial charge >= 0.3 is 0 Å². The van der Waals surface area contributed by atoms with Crippen LogP contribution in [-0.2, 0) is 4.79 Å². The van der Waals surface area contributed by atoms with Crippen LogP contribution in [0.5, 0.6) is 0 Å². The lowest BCUT2D eigenvalue weighted by atomic mass is 9.91. The van der Waals surface area contributed by atoms with Crippen molar-refractivity contribution in [3.63, 3.8) is 0 Å². The zero-order valence-electron chi connectivity index (χ0n) is 10.8. The van der Waals surface area contributed by atoms with Crippen LogP contribution < -0.4 is 11.1 Å². The molecular weight excluding hydrogens is 214 g/mol. The van der Waals surface area contributed by atoms with Gasteiger partial charge in [-0.3, -0.25) is 9.69 Å². The Morgan fingerprint density at radius 2 is 2.12 bits per heavy atom. The van der Waals surface area contributed by atoms with Gasteiger partial charge in [0, 0.05) is 25.7 Å². The summed E-state index contributed by atoms with van der Waals surface area (Å²) in [5.74, 6) is 2.41. The van der Waals surface area contributed by atoms with Gasteiger partial charge in [0.2, 0.25) is 5.91 Å². The summed E-state index contributed by atoms with van der Waals surface area (Å²) in [5, 5.41) is 3.43. The quantitative estimate of drug-likeness (QED) is 0.671. The Kier molecular flexibility index (Phi) is 4.98. The molecule has 4 heteroatoms. The minimum atomic E-state index is -0.476. The number of terminal acetylenes is 1. The fourth-order valence-corrected chi connectivity index (χ4v) is 1.91. The minimum absolute atomic E-state index is 0.255. The molecule has 0 bridgehead atoms. The smallest absolute Gasteiger partial charge is 0.224 e. The molecule has 1 fully saturated rings. The molecule has 1 heterocycles. The lowest BCUT2D eigenvalue weighted by Crippen LogP contribution is -2.48. The number of carbonyl (C=O) groups is 1. The molecule has 3 N–H and O–H groups in total. The van der Waals surface area contributed by atoms with Crippen molar-refractivity contribution in [2.45, 2.75) is 32.7 Å². The molecule has 0 aliphatic carbocycles. The van der Waals surface area contributed by atoms with Crippen LogP contribution in [0.2, 0.25) is 0 Å². The summed E-state index contributed by atoms with van der Waals surface area (Å²) in [5.41, 5.74) is 4.86. The van der Waals surface area contributed by atoms with Crippen LogP contribution in [0.1, 0.15) is 26.7 Å². The van der Waals surface area contributed by atoms with E-state index in [4.69, 9.17) is 12.2 Å². The number of carbonyl (C=O) groups excluding carboxylic acids is 1. The van der Waals surface area contributed by atoms with E-state index in [-0.39, 0.29) is 5.91 Å². The average molecular weight is 237 g/mol. The van der Waals surface area contributed by atoms with Crippen molar-refractivity contribution < 1.29 is 4.79 Å². The van der Waals surface area contributed by atoms with E-state index in [0.717, 1.165) is 32.5 Å². The first-order chi connectivity index (χ1) is 7.95. The lowest BCUT2D eigenvalue weighted by molar-refractivity contribution is -0.125. The number of likely N-dealkylation sites (tertiary alicyclic amines) is 1. The van der Waals surface area contributed by atoms with E-state index in [1.165, 1.54) is 0 Å². The molecule has 1 amide bonds. The molecule has 0 spiro atoms. The normalized spacial score (nSPS) is 18.9. The third-order valence-corrected chi connectivity index (χ3v) is 3.40. The number of nitrogens with two attached hydrogens (primary N) is 1. The van der Waals surface area contributed by atoms with E-state index in [1.807, 2.05) is 13.8 Å². The molecule has 0 radical (unpaired) electrons. The topological polar surface area (TPSA) is 58.4 Å². The Morgan fingerprint density at radius 3 is 2.59 bits per heavy atom. The van der Waals surface area contributed by atoms with E-state index in [9.17, 15) is 4.79 Å². The summed E-state index contributed by atoms with van der Waals surface area (Å²) in [6.07, 6.45) is 7.44. The highest BCUT2D eigenvalue weighted by molar-refractivity contribution is 5.80. The molecule has 1 rings (SSSR count). The van der Waals surface area contributed by atoms with E-state index < -0.39 is 5.41 Å². The van der Waals surface area contributed by atoms with Crippen molar-refractivity contribution in [1.29, 1.82) is 0 Å². The SMILES string of the molecule is C#CCN1CCC(NCC(C)(C)C(N)=O)CC1. The molecule has 1 saturated heterocycles. The van der Waals surface area contributed by atoms with Crippen LogP contribution in [0.3, 0.4) is 0 Å². The Morgan fingerprint density at radius 1 is 1.53 bits per heavy atom. The first-order valence-corrected chi connectivity index (χ1v) is 6.15. The fourth-order valence-electron chi connectivity index (χ4n) is 1.91. The fraction of sp³-hybridized carbons (Fsp3) is 0.769. The zero-order chi connectivity index (χ0) is 12.9. The maximum absolute atomic E-state index is 11.2. The summed E-state index contributed by atoms with van der Waals surface area (Å²) in [4.78, 5) is 13.5. The number of amides is 1. The third kappa shape index (κ3) is 4.37. The van der Waals surface area contributed by atoms with Gasteiger partial charge in [0.05, 0.1) is 12.0 Å². The molecule has 1 aliphatic rings. The van der Waals surface area contributed by atoms with Crippen LogP contribution in [0, 0.1) is 17.8 Å². The second-order valence-corrected chi connectivity index (χ2v) is 5.38. The highest BCUT2D eigenvalue weighted by Crippen LogP contribution is 2.15. The standard InChI is InChI=1S/C13H23N3O/c1-4-7-16-8-5-11(6-9-16)15-10-13(2,3)12(14)17/h1,11,15H,5-10H2,2-3H3,(H2,14,17). The van der Waals surface area contributed by atoms with Crippen molar-refractivity contribution in [2.24, 2.45) is 11.1 Å². The Bertz CT molecular complexity index is 298. The average Bonchev–Trinajstić information content (AvgIpc) is 2.28. The van der Waals surface area contributed by atoms with Crippen LogP contribution >= 0.6 is 0 Å². The molecule has 0 atom stereocenters. The van der Waals surface area contributed by atoms with Crippen LogP contribution in [0.15, 0.2) is 0 Å². The first-order valence-electron chi connectivity index (χ1n) is 6.15. The largest absolute Gasteiger partial charge is 0.369 e. The van der Waals surface area contributed by atoms with Gasteiger partial charge in [-0.05, 0) is 26.7 Å². The number of hydrogen-bond donors (Lipinski definition) is 2. The maximum Gasteiger partial charge on any atom is 0.224 e. The van der Waals surface area contributed by atoms with Crippen molar-refractivity contribution in [3.8, 4) is 12.3 Å². The molecule has 0 aromatic carbocycles. The van der Waals surface area contributed by atoms with Gasteiger partial charge in [0.1, 0.15) is 0 Å². The van der Waals surface area contributed by atoms with Crippen LogP contribution in [0.25, 0.3) is 0 Å². The molecule has 0 aromatic heterocycles. The highest BCUT2D eigenvalue weighted by Gasteiger charge is 2.26. The van der Waals surface area contributed by atoms with Gasteiger partial charge < -0.3 is 11.1 Å². The van der Waals surface area contributed by atoms with E-state index in [2.05, 4.69) is 16.1 Å². The monoisotopic (exact) mass is 237 g/mol. The van der Waals surface area contributed by atoms with Crippen molar-refractivity contribution in [1.82, 2.24) is 10.2 Å². The van der Waals surface area contributed by atoms with E-state index in [0.29, 0.717) is 12.6 Å². The van der Waals surface area contributed by atoms with Crippen LogP contribution in [0.4, 0.5) is 0 Å². The minimum Gasteiger partial charge on any atom is -0.369 e. The number of piperidine rings is 1. The van der Waals surface area contributed by atoms with Gasteiger partial charge in [-0.25, -0.2) is 0 Å². The van der Waals surface area contributed by atoms with Crippen molar-refractivity contribution in [3.05, 3.63) is 0 Å². The van der Waals surface area contributed by atoms with Crippen molar-refractivity contribution in [2.75, 3.05) is 26.2 Å². The Hall–Kier alpha value is -1.05.